The lowest BCUT2D eigenvalue weighted by Gasteiger charge is -2.17. The molecule has 2 fully saturated rings. The molecule has 1 aromatic rings. The van der Waals surface area contributed by atoms with Crippen molar-refractivity contribution < 1.29 is 0 Å². The molecule has 104 valence electrons. The molecule has 0 aromatic carbocycles. The van der Waals surface area contributed by atoms with Crippen LogP contribution in [-0.4, -0.2) is 22.1 Å². The molecule has 4 heteroatoms. The fraction of sp³-hybridized carbons (Fsp3) is 0.733. The van der Waals surface area contributed by atoms with E-state index in [1.54, 1.807) is 0 Å². The topological polar surface area (TPSA) is 49.8 Å². The molecule has 2 aliphatic rings. The standard InChI is InChI=1S/C15H24N4/c1-11-16-14(10-15(17-11)19-13-8-9-13)18-12-6-4-2-3-5-7-12/h10,12-13H,2-9H2,1H3,(H2,16,17,18,19). The maximum atomic E-state index is 4.52. The molecule has 0 bridgehead atoms. The number of aryl methyl sites for hydroxylation is 1. The highest BCUT2D eigenvalue weighted by molar-refractivity contribution is 5.49. The second-order valence-corrected chi connectivity index (χ2v) is 5.94. The van der Waals surface area contributed by atoms with Crippen LogP contribution in [0.25, 0.3) is 0 Å². The molecule has 1 heterocycles. The van der Waals surface area contributed by atoms with Crippen LogP contribution in [0.15, 0.2) is 6.07 Å². The van der Waals surface area contributed by atoms with Crippen LogP contribution in [0.2, 0.25) is 0 Å². The molecule has 0 radical (unpaired) electrons. The van der Waals surface area contributed by atoms with Gasteiger partial charge in [-0.1, -0.05) is 25.7 Å². The van der Waals surface area contributed by atoms with Crippen molar-refractivity contribution in [1.82, 2.24) is 9.97 Å². The average molecular weight is 260 g/mol. The largest absolute Gasteiger partial charge is 0.367 e. The molecule has 1 aromatic heterocycles. The first-order valence-corrected chi connectivity index (χ1v) is 7.68. The van der Waals surface area contributed by atoms with Gasteiger partial charge in [0.1, 0.15) is 17.5 Å². The number of hydrogen-bond acceptors (Lipinski definition) is 4. The van der Waals surface area contributed by atoms with Crippen LogP contribution < -0.4 is 10.6 Å². The smallest absolute Gasteiger partial charge is 0.132 e. The molecule has 0 saturated heterocycles. The number of rotatable bonds is 4. The van der Waals surface area contributed by atoms with E-state index in [-0.39, 0.29) is 0 Å². The maximum Gasteiger partial charge on any atom is 0.132 e. The summed E-state index contributed by atoms with van der Waals surface area (Å²) in [7, 11) is 0. The molecular weight excluding hydrogens is 236 g/mol. The fourth-order valence-electron chi connectivity index (χ4n) is 2.79. The highest BCUT2D eigenvalue weighted by atomic mass is 15.1. The summed E-state index contributed by atoms with van der Waals surface area (Å²) in [6, 6.07) is 3.29. The van der Waals surface area contributed by atoms with Gasteiger partial charge in [0.15, 0.2) is 0 Å². The first-order valence-electron chi connectivity index (χ1n) is 7.68. The summed E-state index contributed by atoms with van der Waals surface area (Å²) in [5.74, 6) is 2.82. The molecule has 3 rings (SSSR count). The predicted molar refractivity (Wildman–Crippen MR) is 78.5 cm³/mol. The number of aromatic nitrogens is 2. The highest BCUT2D eigenvalue weighted by Gasteiger charge is 2.22. The molecule has 0 atom stereocenters. The fourth-order valence-corrected chi connectivity index (χ4v) is 2.79. The summed E-state index contributed by atoms with van der Waals surface area (Å²) in [6.45, 7) is 1.97. The zero-order valence-corrected chi connectivity index (χ0v) is 11.8. The lowest BCUT2D eigenvalue weighted by atomic mass is 10.1. The zero-order chi connectivity index (χ0) is 13.1. The molecule has 0 aliphatic heterocycles. The number of anilines is 2. The van der Waals surface area contributed by atoms with Crippen LogP contribution >= 0.6 is 0 Å². The summed E-state index contributed by atoms with van der Waals surface area (Å²) in [4.78, 5) is 8.99. The predicted octanol–water partition coefficient (Wildman–Crippen LogP) is 3.49. The Morgan fingerprint density at radius 1 is 0.842 bits per heavy atom. The summed E-state index contributed by atoms with van der Waals surface area (Å²) in [5.41, 5.74) is 0. The van der Waals surface area contributed by atoms with E-state index >= 15 is 0 Å². The molecule has 0 spiro atoms. The van der Waals surface area contributed by atoms with E-state index in [2.05, 4.69) is 26.7 Å². The molecule has 19 heavy (non-hydrogen) atoms. The van der Waals surface area contributed by atoms with Crippen LogP contribution in [0.1, 0.15) is 57.2 Å². The van der Waals surface area contributed by atoms with Crippen LogP contribution in [0.5, 0.6) is 0 Å². The van der Waals surface area contributed by atoms with Crippen LogP contribution in [0.4, 0.5) is 11.6 Å². The van der Waals surface area contributed by atoms with Gasteiger partial charge in [-0.15, -0.1) is 0 Å². The highest BCUT2D eigenvalue weighted by Crippen LogP contribution is 2.25. The second-order valence-electron chi connectivity index (χ2n) is 5.94. The summed E-state index contributed by atoms with van der Waals surface area (Å²) < 4.78 is 0. The van der Waals surface area contributed by atoms with Gasteiger partial charge in [0, 0.05) is 18.2 Å². The molecule has 4 nitrogen and oxygen atoms in total. The maximum absolute atomic E-state index is 4.52. The van der Waals surface area contributed by atoms with Crippen LogP contribution in [0.3, 0.4) is 0 Å². The third-order valence-corrected chi connectivity index (χ3v) is 3.97. The number of nitrogens with one attached hydrogen (secondary N) is 2. The van der Waals surface area contributed by atoms with E-state index in [1.165, 1.54) is 51.4 Å². The first kappa shape index (κ1) is 12.7. The molecule has 2 N–H and O–H groups in total. The van der Waals surface area contributed by atoms with E-state index < -0.39 is 0 Å². The lowest BCUT2D eigenvalue weighted by molar-refractivity contribution is 0.617. The van der Waals surface area contributed by atoms with Gasteiger partial charge in [0.25, 0.3) is 0 Å². The Morgan fingerprint density at radius 2 is 1.37 bits per heavy atom. The van der Waals surface area contributed by atoms with Crippen LogP contribution in [-0.2, 0) is 0 Å². The van der Waals surface area contributed by atoms with Gasteiger partial charge in [-0.25, -0.2) is 9.97 Å². The SMILES string of the molecule is Cc1nc(NC2CCCCCC2)cc(NC2CC2)n1. The Morgan fingerprint density at radius 3 is 1.89 bits per heavy atom. The van der Waals surface area contributed by atoms with Gasteiger partial charge in [0.2, 0.25) is 0 Å². The molecular formula is C15H24N4. The van der Waals surface area contributed by atoms with Crippen molar-refractivity contribution in [3.63, 3.8) is 0 Å². The monoisotopic (exact) mass is 260 g/mol. The van der Waals surface area contributed by atoms with Crippen molar-refractivity contribution >= 4 is 11.6 Å². The van der Waals surface area contributed by atoms with E-state index in [1.807, 2.05) is 6.92 Å². The van der Waals surface area contributed by atoms with Crippen molar-refractivity contribution in [3.05, 3.63) is 11.9 Å². The van der Waals surface area contributed by atoms with Crippen molar-refractivity contribution in [3.8, 4) is 0 Å². The van der Waals surface area contributed by atoms with Gasteiger partial charge >= 0.3 is 0 Å². The van der Waals surface area contributed by atoms with Crippen LogP contribution in [0, 0.1) is 6.92 Å². The third kappa shape index (κ3) is 3.82. The Hall–Kier alpha value is -1.32. The van der Waals surface area contributed by atoms with E-state index in [9.17, 15) is 0 Å². The van der Waals surface area contributed by atoms with E-state index in [0.29, 0.717) is 12.1 Å². The van der Waals surface area contributed by atoms with Gasteiger partial charge in [0.05, 0.1) is 0 Å². The lowest BCUT2D eigenvalue weighted by Crippen LogP contribution is -2.19. The molecule has 0 unspecified atom stereocenters. The molecule has 2 aliphatic carbocycles. The number of nitrogens with zero attached hydrogens (tertiary/aromatic N) is 2. The minimum Gasteiger partial charge on any atom is -0.367 e. The first-order chi connectivity index (χ1) is 9.29. The van der Waals surface area contributed by atoms with E-state index in [0.717, 1.165) is 17.5 Å². The molecule has 2 saturated carbocycles. The Labute approximate surface area is 115 Å². The summed E-state index contributed by atoms with van der Waals surface area (Å²) in [6.07, 6.45) is 10.5. The Balaban J connectivity index is 1.66. The number of hydrogen-bond donors (Lipinski definition) is 2. The Kier molecular flexibility index (Phi) is 3.85. The van der Waals surface area contributed by atoms with Crippen molar-refractivity contribution in [1.29, 1.82) is 0 Å². The Bertz CT molecular complexity index is 420. The van der Waals surface area contributed by atoms with Crippen molar-refractivity contribution in [2.75, 3.05) is 10.6 Å². The van der Waals surface area contributed by atoms with Gasteiger partial charge in [-0.05, 0) is 32.6 Å². The normalized spacial score (nSPS) is 20.9. The third-order valence-electron chi connectivity index (χ3n) is 3.97. The quantitative estimate of drug-likeness (QED) is 0.814. The summed E-state index contributed by atoms with van der Waals surface area (Å²) in [5, 5.41) is 7.06. The minimum atomic E-state index is 0.588. The molecule has 0 amide bonds. The average Bonchev–Trinajstić information content (AvgIpc) is 3.16. The summed E-state index contributed by atoms with van der Waals surface area (Å²) >= 11 is 0. The van der Waals surface area contributed by atoms with Crippen molar-refractivity contribution in [2.24, 2.45) is 0 Å². The van der Waals surface area contributed by atoms with Gasteiger partial charge < -0.3 is 10.6 Å². The second kappa shape index (κ2) is 5.76. The van der Waals surface area contributed by atoms with Crippen molar-refractivity contribution in [2.45, 2.75) is 70.4 Å². The van der Waals surface area contributed by atoms with Gasteiger partial charge in [-0.3, -0.25) is 0 Å². The van der Waals surface area contributed by atoms with Gasteiger partial charge in [-0.2, -0.15) is 0 Å². The minimum absolute atomic E-state index is 0.588. The zero-order valence-electron chi connectivity index (χ0n) is 11.8. The van der Waals surface area contributed by atoms with E-state index in [4.69, 9.17) is 0 Å².